The third kappa shape index (κ3) is 7.28. The predicted molar refractivity (Wildman–Crippen MR) is 118 cm³/mol. The minimum Gasteiger partial charge on any atom is -0.466 e. The van der Waals surface area contributed by atoms with Gasteiger partial charge in [0.2, 0.25) is 11.5 Å². The Morgan fingerprint density at radius 1 is 1.38 bits per heavy atom. The number of nitrogen functional groups attached to an aromatic ring is 1. The number of rotatable bonds is 10. The van der Waals surface area contributed by atoms with E-state index in [-0.39, 0.29) is 30.5 Å². The van der Waals surface area contributed by atoms with Gasteiger partial charge in [-0.3, -0.25) is 14.1 Å². The number of nitrogens with two attached hydrogens (primary N) is 1. The van der Waals surface area contributed by atoms with Crippen LogP contribution in [0, 0.1) is 20.8 Å². The number of phosphoric acid groups is 1. The van der Waals surface area contributed by atoms with E-state index in [2.05, 4.69) is 14.5 Å². The summed E-state index contributed by atoms with van der Waals surface area (Å²) in [4.78, 5) is 52.4. The molecule has 0 saturated heterocycles. The molecular formula is C19H25N4O7PS. The molecule has 174 valence electrons. The highest BCUT2D eigenvalue weighted by atomic mass is 32.2. The SMILES string of the molecule is C/C(=C(\CCOP(=O)(O)O)SC(=O)c1cc(C)oc1C)N(C=O)Cc1cnc(C)nc1N. The summed E-state index contributed by atoms with van der Waals surface area (Å²) in [6.07, 6.45) is 2.05. The lowest BCUT2D eigenvalue weighted by Crippen LogP contribution is -2.22. The number of carbonyl (C=O) groups excluding carboxylic acids is 2. The highest BCUT2D eigenvalue weighted by Crippen LogP contribution is 2.38. The van der Waals surface area contributed by atoms with Crippen molar-refractivity contribution in [2.24, 2.45) is 0 Å². The van der Waals surface area contributed by atoms with E-state index in [4.69, 9.17) is 19.9 Å². The van der Waals surface area contributed by atoms with Gasteiger partial charge in [-0.2, -0.15) is 0 Å². The maximum absolute atomic E-state index is 12.8. The van der Waals surface area contributed by atoms with Gasteiger partial charge in [-0.05, 0) is 45.5 Å². The van der Waals surface area contributed by atoms with Crippen LogP contribution >= 0.6 is 19.6 Å². The molecule has 1 amide bonds. The zero-order valence-corrected chi connectivity index (χ0v) is 19.8. The molecule has 0 fully saturated rings. The van der Waals surface area contributed by atoms with Crippen LogP contribution in [0.15, 0.2) is 27.3 Å². The molecule has 2 aromatic rings. The normalized spacial score (nSPS) is 12.4. The van der Waals surface area contributed by atoms with Crippen molar-refractivity contribution in [3.05, 3.63) is 51.3 Å². The van der Waals surface area contributed by atoms with Crippen LogP contribution < -0.4 is 5.73 Å². The molecule has 0 aliphatic rings. The van der Waals surface area contributed by atoms with Gasteiger partial charge in [0.15, 0.2) is 0 Å². The van der Waals surface area contributed by atoms with E-state index in [1.807, 2.05) is 0 Å². The summed E-state index contributed by atoms with van der Waals surface area (Å²) in [6, 6.07) is 1.60. The molecule has 0 saturated carbocycles. The van der Waals surface area contributed by atoms with Crippen LogP contribution in [0.2, 0.25) is 0 Å². The number of aryl methyl sites for hydroxylation is 3. The van der Waals surface area contributed by atoms with Crippen LogP contribution in [0.5, 0.6) is 0 Å². The fourth-order valence-corrected chi connectivity index (χ4v) is 4.09. The second kappa shape index (κ2) is 10.9. The fourth-order valence-electron chi connectivity index (χ4n) is 2.78. The molecule has 0 bridgehead atoms. The average molecular weight is 484 g/mol. The van der Waals surface area contributed by atoms with E-state index in [0.29, 0.717) is 45.5 Å². The average Bonchev–Trinajstić information content (AvgIpc) is 3.03. The number of anilines is 1. The third-order valence-electron chi connectivity index (χ3n) is 4.39. The molecule has 0 aromatic carbocycles. The van der Waals surface area contributed by atoms with E-state index in [0.717, 1.165) is 11.8 Å². The minimum atomic E-state index is -4.69. The minimum absolute atomic E-state index is 0.0204. The monoisotopic (exact) mass is 484 g/mol. The zero-order valence-electron chi connectivity index (χ0n) is 18.1. The van der Waals surface area contributed by atoms with Crippen molar-refractivity contribution in [3.8, 4) is 0 Å². The third-order valence-corrected chi connectivity index (χ3v) is 6.06. The fraction of sp³-hybridized carbons (Fsp3) is 0.368. The molecule has 0 atom stereocenters. The van der Waals surface area contributed by atoms with Gasteiger partial charge in [0, 0.05) is 28.8 Å². The molecule has 2 rings (SSSR count). The van der Waals surface area contributed by atoms with Crippen molar-refractivity contribution < 1.29 is 32.9 Å². The first-order valence-electron chi connectivity index (χ1n) is 9.40. The lowest BCUT2D eigenvalue weighted by atomic mass is 10.2. The van der Waals surface area contributed by atoms with Crippen molar-refractivity contribution in [3.63, 3.8) is 0 Å². The Kier molecular flexibility index (Phi) is 8.76. The zero-order chi connectivity index (χ0) is 24.1. The van der Waals surface area contributed by atoms with Crippen molar-refractivity contribution in [2.45, 2.75) is 40.7 Å². The molecule has 0 aliphatic heterocycles. The Hall–Kier alpha value is -2.50. The summed E-state index contributed by atoms with van der Waals surface area (Å²) < 4.78 is 21.0. The summed E-state index contributed by atoms with van der Waals surface area (Å²) in [7, 11) is -4.69. The lowest BCUT2D eigenvalue weighted by molar-refractivity contribution is -0.116. The highest BCUT2D eigenvalue weighted by molar-refractivity contribution is 8.17. The number of nitrogens with zero attached hydrogens (tertiary/aromatic N) is 3. The second-order valence-corrected chi connectivity index (χ2v) is 9.17. The van der Waals surface area contributed by atoms with Crippen LogP contribution in [0.3, 0.4) is 0 Å². The van der Waals surface area contributed by atoms with E-state index >= 15 is 0 Å². The summed E-state index contributed by atoms with van der Waals surface area (Å²) in [5.41, 5.74) is 7.18. The number of furan rings is 1. The molecule has 11 nitrogen and oxygen atoms in total. The number of aromatic nitrogens is 2. The largest absolute Gasteiger partial charge is 0.469 e. The second-order valence-electron chi connectivity index (χ2n) is 6.86. The molecule has 13 heteroatoms. The van der Waals surface area contributed by atoms with E-state index in [1.54, 1.807) is 33.8 Å². The smallest absolute Gasteiger partial charge is 0.466 e. The van der Waals surface area contributed by atoms with Crippen molar-refractivity contribution in [1.29, 1.82) is 0 Å². The maximum Gasteiger partial charge on any atom is 0.469 e. The molecule has 4 N–H and O–H groups in total. The molecule has 0 unspecified atom stereocenters. The van der Waals surface area contributed by atoms with Gasteiger partial charge in [-0.1, -0.05) is 0 Å². The first kappa shape index (κ1) is 25.8. The Balaban J connectivity index is 2.34. The first-order chi connectivity index (χ1) is 14.9. The molecule has 2 heterocycles. The van der Waals surface area contributed by atoms with Crippen molar-refractivity contribution >= 4 is 36.9 Å². The van der Waals surface area contributed by atoms with Crippen LogP contribution in [0.25, 0.3) is 0 Å². The van der Waals surface area contributed by atoms with E-state index < -0.39 is 7.82 Å². The number of hydrogen-bond donors (Lipinski definition) is 3. The summed E-state index contributed by atoms with van der Waals surface area (Å²) in [5.74, 6) is 1.72. The van der Waals surface area contributed by atoms with Crippen LogP contribution in [-0.2, 0) is 20.4 Å². The van der Waals surface area contributed by atoms with Crippen LogP contribution in [-0.4, -0.2) is 42.8 Å². The van der Waals surface area contributed by atoms with Gasteiger partial charge in [0.05, 0.1) is 18.7 Å². The van der Waals surface area contributed by atoms with Gasteiger partial charge in [0.25, 0.3) is 0 Å². The Morgan fingerprint density at radius 3 is 2.59 bits per heavy atom. The van der Waals surface area contributed by atoms with Gasteiger partial charge < -0.3 is 24.8 Å². The topological polar surface area (TPSA) is 169 Å². The number of carbonyl (C=O) groups is 2. The van der Waals surface area contributed by atoms with Gasteiger partial charge in [0.1, 0.15) is 23.2 Å². The van der Waals surface area contributed by atoms with Crippen LogP contribution in [0.4, 0.5) is 5.82 Å². The first-order valence-corrected chi connectivity index (χ1v) is 11.7. The molecule has 32 heavy (non-hydrogen) atoms. The van der Waals surface area contributed by atoms with Gasteiger partial charge >= 0.3 is 7.82 Å². The van der Waals surface area contributed by atoms with Gasteiger partial charge in [-0.15, -0.1) is 0 Å². The van der Waals surface area contributed by atoms with Crippen LogP contribution in [0.1, 0.15) is 46.6 Å². The number of thioether (sulfide) groups is 1. The Morgan fingerprint density at radius 2 is 2.06 bits per heavy atom. The van der Waals surface area contributed by atoms with Crippen molar-refractivity contribution in [1.82, 2.24) is 14.9 Å². The summed E-state index contributed by atoms with van der Waals surface area (Å²) in [5, 5.41) is -0.339. The van der Waals surface area contributed by atoms with E-state index in [9.17, 15) is 14.2 Å². The Labute approximate surface area is 189 Å². The summed E-state index contributed by atoms with van der Waals surface area (Å²) in [6.45, 7) is 6.36. The van der Waals surface area contributed by atoms with Crippen molar-refractivity contribution in [2.75, 3.05) is 12.3 Å². The standard InChI is InChI=1S/C19H25N4O7PS/c1-11-7-16(13(3)30-11)19(25)32-17(5-6-29-31(26,27)28)12(2)23(10-24)9-15-8-21-14(4)22-18(15)20/h7-8,10H,5-6,9H2,1-4H3,(H2,20,21,22)(H2,26,27,28)/b17-12-. The molecule has 0 aliphatic carbocycles. The molecule has 0 spiro atoms. The number of amides is 1. The van der Waals surface area contributed by atoms with E-state index in [1.165, 1.54) is 11.1 Å². The molecular weight excluding hydrogens is 459 g/mol. The number of allylic oxidation sites excluding steroid dienone is 1. The number of hydrogen-bond acceptors (Lipinski definition) is 9. The predicted octanol–water partition coefficient (Wildman–Crippen LogP) is 2.84. The lowest BCUT2D eigenvalue weighted by Gasteiger charge is -2.22. The number of phosphoric ester groups is 1. The molecule has 0 radical (unpaired) electrons. The highest BCUT2D eigenvalue weighted by Gasteiger charge is 2.22. The maximum atomic E-state index is 12.8. The molecule has 2 aromatic heterocycles. The summed E-state index contributed by atoms with van der Waals surface area (Å²) >= 11 is 0.830. The van der Waals surface area contributed by atoms with Gasteiger partial charge in [-0.25, -0.2) is 14.5 Å². The Bertz CT molecular complexity index is 1080. The quantitative estimate of drug-likeness (QED) is 0.335.